The fraction of sp³-hybridized carbons (Fsp3) is 1.00. The molecule has 0 bridgehead atoms. The van der Waals surface area contributed by atoms with E-state index in [-0.39, 0.29) is 40.4 Å². The molecule has 4 nitrogen and oxygen atoms in total. The van der Waals surface area contributed by atoms with Crippen LogP contribution in [-0.4, -0.2) is 34.7 Å². The van der Waals surface area contributed by atoms with Gasteiger partial charge in [0.25, 0.3) is 0 Å². The molecule has 0 aliphatic rings. The van der Waals surface area contributed by atoms with Gasteiger partial charge in [-0.2, -0.15) is 0 Å². The fourth-order valence-electron chi connectivity index (χ4n) is 0. The Hall–Kier alpha value is 1.01. The predicted molar refractivity (Wildman–Crippen MR) is 19.5 cm³/mol. The van der Waals surface area contributed by atoms with E-state index in [4.69, 9.17) is 20.3 Å². The molecule has 0 rings (SSSR count). The largest absolute Gasteiger partial charge is 0.482 e. The molecule has 0 aliphatic heterocycles. The molecule has 0 spiro atoms. The topological polar surface area (TPSA) is 80.9 Å². The monoisotopic (exact) mass is 182 g/mol. The molecule has 0 amide bonds. The van der Waals surface area contributed by atoms with E-state index in [2.05, 4.69) is 0 Å². The zero-order valence-corrected chi connectivity index (χ0v) is 6.49. The standard InChI is InChI=1S/CH4O2.BH2O2.Y/c2*2-1-3;/h2-3H,1H2;2-3H;. The Morgan fingerprint density at radius 2 is 1.14 bits per heavy atom. The minimum atomic E-state index is -0.750. The smallest absolute Gasteiger partial charge is 0.429 e. The maximum absolute atomic E-state index is 7.12. The van der Waals surface area contributed by atoms with E-state index in [0.29, 0.717) is 0 Å². The molecule has 0 saturated carbocycles. The molecule has 4 N–H and O–H groups in total. The van der Waals surface area contributed by atoms with Gasteiger partial charge in [0, 0.05) is 32.7 Å². The van der Waals surface area contributed by atoms with E-state index in [9.17, 15) is 0 Å². The molecule has 0 aliphatic carbocycles. The van der Waals surface area contributed by atoms with Crippen LogP contribution < -0.4 is 0 Å². The van der Waals surface area contributed by atoms with E-state index in [1.165, 1.54) is 0 Å². The third kappa shape index (κ3) is 173. The molecule has 0 aromatic carbocycles. The van der Waals surface area contributed by atoms with Gasteiger partial charge in [-0.15, -0.1) is 0 Å². The summed E-state index contributed by atoms with van der Waals surface area (Å²) in [6.45, 7) is -0.750. The molecule has 7 heavy (non-hydrogen) atoms. The van der Waals surface area contributed by atoms with E-state index in [0.717, 1.165) is 0 Å². The molecule has 0 saturated heterocycles. The maximum atomic E-state index is 7.12. The second kappa shape index (κ2) is 28.0. The van der Waals surface area contributed by atoms with Crippen LogP contribution in [0.25, 0.3) is 0 Å². The summed E-state index contributed by atoms with van der Waals surface area (Å²) in [6, 6.07) is 0. The van der Waals surface area contributed by atoms with Gasteiger partial charge in [-0.3, -0.25) is 0 Å². The quantitative estimate of drug-likeness (QED) is 0.245. The van der Waals surface area contributed by atoms with Crippen molar-refractivity contribution in [1.82, 2.24) is 0 Å². The van der Waals surface area contributed by atoms with Crippen LogP contribution >= 0.6 is 0 Å². The molecular formula is CH6BO4Y. The normalized spacial score (nSPS) is 4.57. The van der Waals surface area contributed by atoms with Crippen molar-refractivity contribution >= 4 is 7.69 Å². The van der Waals surface area contributed by atoms with Crippen LogP contribution in [0.2, 0.25) is 0 Å². The van der Waals surface area contributed by atoms with Crippen molar-refractivity contribution in [3.05, 3.63) is 0 Å². The van der Waals surface area contributed by atoms with E-state index in [1.807, 2.05) is 0 Å². The average Bonchev–Trinajstić information content (AvgIpc) is 1.39. The van der Waals surface area contributed by atoms with Crippen LogP contribution in [0.3, 0.4) is 0 Å². The van der Waals surface area contributed by atoms with Crippen LogP contribution in [0, 0.1) is 0 Å². The number of aliphatic hydroxyl groups is 2. The molecule has 40 valence electrons. The van der Waals surface area contributed by atoms with Crippen LogP contribution in [0.1, 0.15) is 0 Å². The minimum absolute atomic E-state index is 0. The Morgan fingerprint density at radius 1 is 1.14 bits per heavy atom. The summed E-state index contributed by atoms with van der Waals surface area (Å²) in [4.78, 5) is 0. The first kappa shape index (κ1) is 15.7. The third-order valence-corrected chi connectivity index (χ3v) is 0. The van der Waals surface area contributed by atoms with E-state index in [1.54, 1.807) is 0 Å². The fourth-order valence-corrected chi connectivity index (χ4v) is 0. The third-order valence-electron chi connectivity index (χ3n) is 0. The SMILES string of the molecule is OCO.O[B]O.[Y]. The van der Waals surface area contributed by atoms with Crippen LogP contribution in [0.4, 0.5) is 0 Å². The Balaban J connectivity index is -0.0000000400. The van der Waals surface area contributed by atoms with Crippen molar-refractivity contribution in [2.45, 2.75) is 0 Å². The molecule has 6 heteroatoms. The molecule has 0 atom stereocenters. The molecule has 0 aromatic heterocycles. The van der Waals surface area contributed by atoms with Gasteiger partial charge in [0.1, 0.15) is 6.79 Å². The number of hydrogen-bond donors (Lipinski definition) is 4. The predicted octanol–water partition coefficient (Wildman–Crippen LogP) is -2.57. The van der Waals surface area contributed by atoms with Crippen molar-refractivity contribution in [2.24, 2.45) is 0 Å². The zero-order valence-electron chi connectivity index (χ0n) is 3.65. The molecule has 2 radical (unpaired) electrons. The second-order valence-electron chi connectivity index (χ2n) is 0.257. The van der Waals surface area contributed by atoms with Gasteiger partial charge in [-0.05, 0) is 0 Å². The van der Waals surface area contributed by atoms with Crippen LogP contribution in [0.5, 0.6) is 0 Å². The number of rotatable bonds is 0. The first-order chi connectivity index (χ1) is 2.83. The van der Waals surface area contributed by atoms with Gasteiger partial charge in [-0.1, -0.05) is 0 Å². The Kier molecular flexibility index (Phi) is 62.6. The zero-order chi connectivity index (χ0) is 5.41. The van der Waals surface area contributed by atoms with Crippen molar-refractivity contribution in [2.75, 3.05) is 6.79 Å². The van der Waals surface area contributed by atoms with Gasteiger partial charge in [0.05, 0.1) is 0 Å². The van der Waals surface area contributed by atoms with Crippen molar-refractivity contribution < 1.29 is 53.0 Å². The summed E-state index contributed by atoms with van der Waals surface area (Å²) >= 11 is 0. The summed E-state index contributed by atoms with van der Waals surface area (Å²) < 4.78 is 0. The van der Waals surface area contributed by atoms with Gasteiger partial charge >= 0.3 is 7.69 Å². The Morgan fingerprint density at radius 3 is 1.14 bits per heavy atom. The summed E-state index contributed by atoms with van der Waals surface area (Å²) in [7, 11) is 0. The minimum Gasteiger partial charge on any atom is -0.429 e. The van der Waals surface area contributed by atoms with Crippen LogP contribution in [0.15, 0.2) is 0 Å². The van der Waals surface area contributed by atoms with Gasteiger partial charge < -0.3 is 20.3 Å². The van der Waals surface area contributed by atoms with Crippen molar-refractivity contribution in [3.8, 4) is 0 Å². The molecule has 0 heterocycles. The first-order valence-corrected chi connectivity index (χ1v) is 1.15. The second-order valence-corrected chi connectivity index (χ2v) is 0.257. The molecular weight excluding hydrogens is 176 g/mol. The molecule has 0 unspecified atom stereocenters. The van der Waals surface area contributed by atoms with E-state index >= 15 is 0 Å². The summed E-state index contributed by atoms with van der Waals surface area (Å²) in [5.74, 6) is 0. The summed E-state index contributed by atoms with van der Waals surface area (Å²) in [5.41, 5.74) is 0. The number of hydrogen-bond acceptors (Lipinski definition) is 4. The summed E-state index contributed by atoms with van der Waals surface area (Å²) in [6.07, 6.45) is 0. The first-order valence-electron chi connectivity index (χ1n) is 1.15. The van der Waals surface area contributed by atoms with Gasteiger partial charge in [-0.25, -0.2) is 0 Å². The van der Waals surface area contributed by atoms with Gasteiger partial charge in [0.15, 0.2) is 0 Å². The maximum Gasteiger partial charge on any atom is 0.482 e. The molecule has 0 fully saturated rings. The Labute approximate surface area is 67.4 Å². The Bertz CT molecular complexity index is 13.7. The van der Waals surface area contributed by atoms with E-state index < -0.39 is 6.79 Å². The molecule has 0 aromatic rings. The van der Waals surface area contributed by atoms with Crippen molar-refractivity contribution in [1.29, 1.82) is 0 Å². The van der Waals surface area contributed by atoms with Gasteiger partial charge in [0.2, 0.25) is 0 Å². The summed E-state index contributed by atoms with van der Waals surface area (Å²) in [5, 5.41) is 28.2. The van der Waals surface area contributed by atoms with Crippen molar-refractivity contribution in [3.63, 3.8) is 0 Å². The van der Waals surface area contributed by atoms with Crippen LogP contribution in [-0.2, 0) is 32.7 Å². The average molecular weight is 182 g/mol. The number of aliphatic hydroxyl groups excluding tert-OH is 1.